The van der Waals surface area contributed by atoms with Gasteiger partial charge >= 0.3 is 6.03 Å². The highest BCUT2D eigenvalue weighted by Crippen LogP contribution is 2.26. The Balaban J connectivity index is 1.21. The quantitative estimate of drug-likeness (QED) is 0.721. The summed E-state index contributed by atoms with van der Waals surface area (Å²) in [6.45, 7) is 4.72. The molecule has 31 heavy (non-hydrogen) atoms. The van der Waals surface area contributed by atoms with Crippen molar-refractivity contribution >= 4 is 27.7 Å². The van der Waals surface area contributed by atoms with Crippen LogP contribution in [-0.4, -0.2) is 80.4 Å². The molecule has 3 aliphatic rings. The van der Waals surface area contributed by atoms with Crippen molar-refractivity contribution in [2.45, 2.75) is 49.5 Å². The van der Waals surface area contributed by atoms with Gasteiger partial charge < -0.3 is 15.1 Å². The average Bonchev–Trinajstić information content (AvgIpc) is 3.28. The van der Waals surface area contributed by atoms with Crippen molar-refractivity contribution < 1.29 is 13.2 Å². The molecule has 7 nitrogen and oxygen atoms in total. The molecule has 0 bridgehead atoms. The summed E-state index contributed by atoms with van der Waals surface area (Å²) in [5.74, 6) is 0.867. The second-order valence-electron chi connectivity index (χ2n) is 9.02. The number of piperazine rings is 1. The number of hydrogen-bond acceptors (Lipinski definition) is 4. The first-order valence-electron chi connectivity index (χ1n) is 11.5. The lowest BCUT2D eigenvalue weighted by atomic mass is 10.0. The highest BCUT2D eigenvalue weighted by molar-refractivity contribution is 7.89. The number of nitrogens with zero attached hydrogens (tertiary/aromatic N) is 3. The molecule has 172 valence electrons. The number of rotatable bonds is 5. The van der Waals surface area contributed by atoms with Crippen LogP contribution in [0, 0.1) is 5.92 Å². The number of likely N-dealkylation sites (tertiary alicyclic amines) is 1. The van der Waals surface area contributed by atoms with Crippen molar-refractivity contribution in [3.8, 4) is 0 Å². The third-order valence-corrected chi connectivity index (χ3v) is 9.05. The second-order valence-corrected chi connectivity index (χ2v) is 11.4. The van der Waals surface area contributed by atoms with Crippen LogP contribution in [-0.2, 0) is 10.0 Å². The summed E-state index contributed by atoms with van der Waals surface area (Å²) in [7, 11) is -3.56. The summed E-state index contributed by atoms with van der Waals surface area (Å²) in [6.07, 6.45) is 7.48. The number of nitrogens with one attached hydrogen (secondary N) is 1. The van der Waals surface area contributed by atoms with Crippen molar-refractivity contribution in [2.75, 3.05) is 45.8 Å². The Morgan fingerprint density at radius 2 is 1.55 bits per heavy atom. The molecule has 0 aromatic heterocycles. The van der Waals surface area contributed by atoms with E-state index in [2.05, 4.69) is 10.2 Å². The van der Waals surface area contributed by atoms with Crippen LogP contribution in [0.25, 0.3) is 0 Å². The molecular formula is C22H33ClN4O3S. The Morgan fingerprint density at radius 3 is 2.16 bits per heavy atom. The topological polar surface area (TPSA) is 73.0 Å². The van der Waals surface area contributed by atoms with Gasteiger partial charge in [-0.25, -0.2) is 13.2 Å². The summed E-state index contributed by atoms with van der Waals surface area (Å²) >= 11 is 5.87. The molecule has 4 rings (SSSR count). The van der Waals surface area contributed by atoms with Crippen LogP contribution in [0.4, 0.5) is 4.79 Å². The zero-order chi connectivity index (χ0) is 21.8. The maximum atomic E-state index is 12.8. The van der Waals surface area contributed by atoms with Gasteiger partial charge in [-0.1, -0.05) is 24.4 Å². The first-order valence-corrected chi connectivity index (χ1v) is 13.3. The van der Waals surface area contributed by atoms with Crippen LogP contribution in [0.15, 0.2) is 29.2 Å². The molecule has 2 saturated heterocycles. The third kappa shape index (κ3) is 5.72. The largest absolute Gasteiger partial charge is 0.335 e. The molecule has 1 saturated carbocycles. The van der Waals surface area contributed by atoms with E-state index in [-0.39, 0.29) is 17.0 Å². The molecule has 0 atom stereocenters. The zero-order valence-corrected chi connectivity index (χ0v) is 19.6. The van der Waals surface area contributed by atoms with Crippen LogP contribution in [0.1, 0.15) is 38.5 Å². The number of carbonyl (C=O) groups is 1. The van der Waals surface area contributed by atoms with E-state index in [0.717, 1.165) is 31.8 Å². The van der Waals surface area contributed by atoms with Crippen molar-refractivity contribution in [3.63, 3.8) is 0 Å². The number of urea groups is 1. The van der Waals surface area contributed by atoms with E-state index in [9.17, 15) is 13.2 Å². The van der Waals surface area contributed by atoms with Crippen molar-refractivity contribution in [1.82, 2.24) is 19.4 Å². The van der Waals surface area contributed by atoms with Gasteiger partial charge in [0.25, 0.3) is 0 Å². The van der Waals surface area contributed by atoms with Crippen LogP contribution < -0.4 is 5.32 Å². The number of sulfonamides is 1. The predicted octanol–water partition coefficient (Wildman–Crippen LogP) is 3.01. The van der Waals surface area contributed by atoms with Gasteiger partial charge in [0, 0.05) is 56.9 Å². The van der Waals surface area contributed by atoms with Crippen LogP contribution in [0.2, 0.25) is 5.02 Å². The van der Waals surface area contributed by atoms with Gasteiger partial charge in [-0.2, -0.15) is 4.31 Å². The lowest BCUT2D eigenvalue weighted by Crippen LogP contribution is -2.55. The fraction of sp³-hybridized carbons (Fsp3) is 0.682. The van der Waals surface area contributed by atoms with E-state index in [1.165, 1.54) is 48.7 Å². The molecule has 0 radical (unpaired) electrons. The Bertz CT molecular complexity index is 842. The molecule has 0 unspecified atom stereocenters. The lowest BCUT2D eigenvalue weighted by molar-refractivity contribution is 0.149. The molecule has 1 N–H and O–H groups in total. The van der Waals surface area contributed by atoms with Crippen LogP contribution in [0.3, 0.4) is 0 Å². The number of benzene rings is 1. The molecule has 9 heteroatoms. The fourth-order valence-electron chi connectivity index (χ4n) is 4.97. The Labute approximate surface area is 190 Å². The van der Waals surface area contributed by atoms with E-state index in [1.807, 2.05) is 0 Å². The van der Waals surface area contributed by atoms with E-state index in [1.54, 1.807) is 17.0 Å². The zero-order valence-electron chi connectivity index (χ0n) is 18.0. The van der Waals surface area contributed by atoms with Crippen LogP contribution >= 0.6 is 11.6 Å². The molecule has 2 aliphatic heterocycles. The van der Waals surface area contributed by atoms with Gasteiger partial charge in [0.1, 0.15) is 0 Å². The molecule has 1 aliphatic carbocycles. The van der Waals surface area contributed by atoms with Crippen molar-refractivity contribution in [2.24, 2.45) is 5.92 Å². The van der Waals surface area contributed by atoms with Gasteiger partial charge in [-0.15, -0.1) is 0 Å². The van der Waals surface area contributed by atoms with E-state index < -0.39 is 10.0 Å². The van der Waals surface area contributed by atoms with Gasteiger partial charge in [0.2, 0.25) is 10.0 Å². The van der Waals surface area contributed by atoms with Crippen molar-refractivity contribution in [1.29, 1.82) is 0 Å². The van der Waals surface area contributed by atoms with Gasteiger partial charge in [-0.05, 0) is 55.9 Å². The number of halogens is 1. The van der Waals surface area contributed by atoms with Crippen molar-refractivity contribution in [3.05, 3.63) is 29.3 Å². The smallest absolute Gasteiger partial charge is 0.317 e. The summed E-state index contributed by atoms with van der Waals surface area (Å²) < 4.78 is 27.1. The lowest BCUT2D eigenvalue weighted by Gasteiger charge is -2.37. The maximum absolute atomic E-state index is 12.8. The summed E-state index contributed by atoms with van der Waals surface area (Å²) in [6, 6.07) is 6.35. The predicted molar refractivity (Wildman–Crippen MR) is 122 cm³/mol. The highest BCUT2D eigenvalue weighted by Gasteiger charge is 2.31. The Kier molecular flexibility index (Phi) is 7.41. The summed E-state index contributed by atoms with van der Waals surface area (Å²) in [5.41, 5.74) is 0. The molecular weight excluding hydrogens is 436 g/mol. The maximum Gasteiger partial charge on any atom is 0.317 e. The summed E-state index contributed by atoms with van der Waals surface area (Å²) in [5, 5.41) is 3.68. The SMILES string of the molecule is O=C(NC1CCN(CC2CCCC2)CC1)N1CCN(S(=O)(=O)c2ccc(Cl)cc2)CC1. The number of hydrogen-bond donors (Lipinski definition) is 1. The minimum absolute atomic E-state index is 0.0715. The normalized spacial score (nSPS) is 22.7. The van der Waals surface area contributed by atoms with Gasteiger partial charge in [0.05, 0.1) is 4.90 Å². The molecule has 0 spiro atoms. The molecule has 1 aromatic rings. The number of amides is 2. The Morgan fingerprint density at radius 1 is 0.935 bits per heavy atom. The molecule has 2 amide bonds. The third-order valence-electron chi connectivity index (χ3n) is 6.88. The monoisotopic (exact) mass is 468 g/mol. The summed E-state index contributed by atoms with van der Waals surface area (Å²) in [4.78, 5) is 17.2. The van der Waals surface area contributed by atoms with E-state index in [0.29, 0.717) is 31.2 Å². The van der Waals surface area contributed by atoms with E-state index >= 15 is 0 Å². The molecule has 1 aromatic carbocycles. The van der Waals surface area contributed by atoms with Gasteiger partial charge in [-0.3, -0.25) is 0 Å². The molecule has 2 heterocycles. The first-order chi connectivity index (χ1) is 14.9. The second kappa shape index (κ2) is 10.1. The van der Waals surface area contributed by atoms with Gasteiger partial charge in [0.15, 0.2) is 0 Å². The highest BCUT2D eigenvalue weighted by atomic mass is 35.5. The minimum atomic E-state index is -3.56. The Hall–Kier alpha value is -1.35. The van der Waals surface area contributed by atoms with Crippen LogP contribution in [0.5, 0.6) is 0 Å². The number of carbonyl (C=O) groups excluding carboxylic acids is 1. The van der Waals surface area contributed by atoms with E-state index in [4.69, 9.17) is 11.6 Å². The average molecular weight is 469 g/mol. The fourth-order valence-corrected chi connectivity index (χ4v) is 6.52. The standard InChI is InChI=1S/C22H33ClN4O3S/c23-19-5-7-21(8-6-19)31(29,30)27-15-13-26(14-16-27)22(28)24-20-9-11-25(12-10-20)17-18-3-1-2-4-18/h5-8,18,20H,1-4,9-17H2,(H,24,28). The minimum Gasteiger partial charge on any atom is -0.335 e. The first kappa shape index (κ1) is 22.8. The molecule has 3 fully saturated rings. The number of piperidine rings is 1.